The number of hydrogen-bond donors (Lipinski definition) is 1. The summed E-state index contributed by atoms with van der Waals surface area (Å²) in [6.07, 6.45) is 0. The van der Waals surface area contributed by atoms with Gasteiger partial charge in [-0.15, -0.1) is 11.3 Å². The lowest BCUT2D eigenvalue weighted by atomic mass is 10.0. The number of carbonyl (C=O) groups excluding carboxylic acids is 1. The summed E-state index contributed by atoms with van der Waals surface area (Å²) >= 11 is 1.34. The minimum absolute atomic E-state index is 0.0173. The van der Waals surface area contributed by atoms with E-state index in [0.717, 1.165) is 0 Å². The van der Waals surface area contributed by atoms with Gasteiger partial charge in [0.15, 0.2) is 0 Å². The standard InChI is InChI=1S/C19H10O5S/c20-17(16-2-1-7-25-16)10-3-5-12-15(9-10)24-14-6-4-11(19(22)23)8-13(14)18(12)21/h1-9H,(H,22,23). The van der Waals surface area contributed by atoms with Crippen molar-refractivity contribution in [2.24, 2.45) is 0 Å². The summed E-state index contributed by atoms with van der Waals surface area (Å²) in [5.74, 6) is -1.25. The van der Waals surface area contributed by atoms with Crippen molar-refractivity contribution in [1.29, 1.82) is 0 Å². The van der Waals surface area contributed by atoms with Crippen LogP contribution in [0.15, 0.2) is 63.1 Å². The van der Waals surface area contributed by atoms with Gasteiger partial charge in [0.25, 0.3) is 0 Å². The summed E-state index contributed by atoms with van der Waals surface area (Å²) in [4.78, 5) is 36.8. The van der Waals surface area contributed by atoms with Crippen LogP contribution in [0, 0.1) is 0 Å². The molecule has 0 spiro atoms. The summed E-state index contributed by atoms with van der Waals surface area (Å²) in [6.45, 7) is 0. The highest BCUT2D eigenvalue weighted by molar-refractivity contribution is 7.12. The van der Waals surface area contributed by atoms with Crippen LogP contribution < -0.4 is 5.43 Å². The molecule has 0 saturated heterocycles. The first-order chi connectivity index (χ1) is 12.0. The fraction of sp³-hybridized carbons (Fsp3) is 0. The van der Waals surface area contributed by atoms with Crippen LogP contribution in [-0.2, 0) is 0 Å². The Morgan fingerprint density at radius 3 is 2.44 bits per heavy atom. The Kier molecular flexibility index (Phi) is 3.47. The second kappa shape index (κ2) is 5.68. The fourth-order valence-electron chi connectivity index (χ4n) is 2.68. The van der Waals surface area contributed by atoms with Crippen molar-refractivity contribution in [2.75, 3.05) is 0 Å². The highest BCUT2D eigenvalue weighted by Gasteiger charge is 2.15. The Morgan fingerprint density at radius 1 is 0.920 bits per heavy atom. The van der Waals surface area contributed by atoms with E-state index in [1.807, 2.05) is 5.38 Å². The van der Waals surface area contributed by atoms with Crippen molar-refractivity contribution >= 4 is 45.0 Å². The van der Waals surface area contributed by atoms with Gasteiger partial charge in [0.2, 0.25) is 11.2 Å². The maximum atomic E-state index is 12.6. The van der Waals surface area contributed by atoms with Gasteiger partial charge in [-0.1, -0.05) is 6.07 Å². The number of benzene rings is 2. The van der Waals surface area contributed by atoms with Crippen LogP contribution in [0.2, 0.25) is 0 Å². The molecule has 0 atom stereocenters. The predicted molar refractivity (Wildman–Crippen MR) is 94.7 cm³/mol. The monoisotopic (exact) mass is 350 g/mol. The van der Waals surface area contributed by atoms with Crippen molar-refractivity contribution in [2.45, 2.75) is 0 Å². The number of thiophene rings is 1. The fourth-order valence-corrected chi connectivity index (χ4v) is 3.36. The molecule has 0 unspecified atom stereocenters. The van der Waals surface area contributed by atoms with Crippen molar-refractivity contribution in [1.82, 2.24) is 0 Å². The molecule has 4 rings (SSSR count). The third kappa shape index (κ3) is 2.53. The van der Waals surface area contributed by atoms with Crippen molar-refractivity contribution < 1.29 is 19.1 Å². The smallest absolute Gasteiger partial charge is 0.335 e. The molecule has 0 aliphatic carbocycles. The van der Waals surface area contributed by atoms with Gasteiger partial charge < -0.3 is 9.52 Å². The number of carboxylic acids is 1. The molecule has 2 aromatic carbocycles. The molecule has 5 nitrogen and oxygen atoms in total. The Balaban J connectivity index is 1.93. The van der Waals surface area contributed by atoms with Crippen LogP contribution in [0.4, 0.5) is 0 Å². The van der Waals surface area contributed by atoms with Crippen LogP contribution in [0.1, 0.15) is 25.6 Å². The molecule has 6 heteroatoms. The first-order valence-electron chi connectivity index (χ1n) is 7.37. The average molecular weight is 350 g/mol. The number of hydrogen-bond acceptors (Lipinski definition) is 5. The largest absolute Gasteiger partial charge is 0.478 e. The van der Waals surface area contributed by atoms with E-state index in [0.29, 0.717) is 21.4 Å². The van der Waals surface area contributed by atoms with Crippen LogP contribution in [0.3, 0.4) is 0 Å². The Hall–Kier alpha value is -3.25. The second-order valence-corrected chi connectivity index (χ2v) is 6.41. The van der Waals surface area contributed by atoms with Gasteiger partial charge >= 0.3 is 5.97 Å². The van der Waals surface area contributed by atoms with Gasteiger partial charge in [-0.25, -0.2) is 4.79 Å². The molecule has 0 aliphatic heterocycles. The average Bonchev–Trinajstić information content (AvgIpc) is 3.15. The van der Waals surface area contributed by atoms with Gasteiger partial charge in [0.05, 0.1) is 21.2 Å². The molecule has 1 N–H and O–H groups in total. The van der Waals surface area contributed by atoms with E-state index in [-0.39, 0.29) is 27.7 Å². The van der Waals surface area contributed by atoms with Crippen LogP contribution in [0.5, 0.6) is 0 Å². The molecule has 25 heavy (non-hydrogen) atoms. The number of fused-ring (bicyclic) bond motifs is 2. The molecule has 4 aromatic rings. The third-order valence-electron chi connectivity index (χ3n) is 3.92. The molecule has 0 aliphatic rings. The van der Waals surface area contributed by atoms with E-state index in [1.165, 1.54) is 35.6 Å². The second-order valence-electron chi connectivity index (χ2n) is 5.46. The minimum Gasteiger partial charge on any atom is -0.478 e. The highest BCUT2D eigenvalue weighted by Crippen LogP contribution is 2.23. The number of ketones is 1. The lowest BCUT2D eigenvalue weighted by Gasteiger charge is -2.04. The van der Waals surface area contributed by atoms with E-state index in [9.17, 15) is 14.4 Å². The van der Waals surface area contributed by atoms with Gasteiger partial charge in [-0.3, -0.25) is 9.59 Å². The molecule has 2 heterocycles. The Bertz CT molecular complexity index is 1200. The SMILES string of the molecule is O=C(O)c1ccc2oc3cc(C(=O)c4cccs4)ccc3c(=O)c2c1. The van der Waals surface area contributed by atoms with Crippen LogP contribution in [0.25, 0.3) is 21.9 Å². The number of carbonyl (C=O) groups is 2. The predicted octanol–water partition coefficient (Wildman–Crippen LogP) is 3.94. The summed E-state index contributed by atoms with van der Waals surface area (Å²) in [5, 5.41) is 11.4. The molecular weight excluding hydrogens is 340 g/mol. The zero-order valence-corrected chi connectivity index (χ0v) is 13.5. The molecule has 2 aromatic heterocycles. The lowest BCUT2D eigenvalue weighted by Crippen LogP contribution is -2.06. The molecular formula is C19H10O5S. The van der Waals surface area contributed by atoms with Crippen molar-refractivity contribution in [3.05, 3.63) is 80.1 Å². The van der Waals surface area contributed by atoms with E-state index in [4.69, 9.17) is 9.52 Å². The zero-order chi connectivity index (χ0) is 17.6. The summed E-state index contributed by atoms with van der Waals surface area (Å²) in [6, 6.07) is 12.3. The van der Waals surface area contributed by atoms with Gasteiger partial charge in [0.1, 0.15) is 11.2 Å². The van der Waals surface area contributed by atoms with Crippen molar-refractivity contribution in [3.8, 4) is 0 Å². The molecule has 122 valence electrons. The van der Waals surface area contributed by atoms with Crippen LogP contribution >= 0.6 is 11.3 Å². The minimum atomic E-state index is -1.11. The van der Waals surface area contributed by atoms with E-state index in [1.54, 1.807) is 24.3 Å². The molecule has 0 amide bonds. The summed E-state index contributed by atoms with van der Waals surface area (Å²) in [5.41, 5.74) is 0.698. The van der Waals surface area contributed by atoms with E-state index >= 15 is 0 Å². The number of carboxylic acid groups (broad SMARTS) is 1. The lowest BCUT2D eigenvalue weighted by molar-refractivity contribution is 0.0697. The molecule has 0 bridgehead atoms. The first-order valence-corrected chi connectivity index (χ1v) is 8.25. The first kappa shape index (κ1) is 15.3. The molecule has 0 fully saturated rings. The quantitative estimate of drug-likeness (QED) is 0.447. The number of rotatable bonds is 3. The third-order valence-corrected chi connectivity index (χ3v) is 4.79. The maximum Gasteiger partial charge on any atom is 0.335 e. The number of aromatic carboxylic acids is 1. The highest BCUT2D eigenvalue weighted by atomic mass is 32.1. The normalized spacial score (nSPS) is 11.0. The Labute approximate surface area is 144 Å². The topological polar surface area (TPSA) is 84.6 Å². The van der Waals surface area contributed by atoms with E-state index < -0.39 is 5.97 Å². The summed E-state index contributed by atoms with van der Waals surface area (Å²) in [7, 11) is 0. The van der Waals surface area contributed by atoms with Crippen molar-refractivity contribution in [3.63, 3.8) is 0 Å². The van der Waals surface area contributed by atoms with E-state index in [2.05, 4.69) is 0 Å². The van der Waals surface area contributed by atoms with Gasteiger partial charge in [-0.2, -0.15) is 0 Å². The summed E-state index contributed by atoms with van der Waals surface area (Å²) < 4.78 is 5.73. The Morgan fingerprint density at radius 2 is 1.72 bits per heavy atom. The maximum absolute atomic E-state index is 12.6. The van der Waals surface area contributed by atoms with Gasteiger partial charge in [-0.05, 0) is 47.8 Å². The zero-order valence-electron chi connectivity index (χ0n) is 12.7. The van der Waals surface area contributed by atoms with Gasteiger partial charge in [0, 0.05) is 5.56 Å². The molecule has 0 radical (unpaired) electrons. The molecule has 0 saturated carbocycles. The van der Waals surface area contributed by atoms with Crippen LogP contribution in [-0.4, -0.2) is 16.9 Å².